The molecule has 5 heteroatoms. The Hall–Kier alpha value is -1.36. The summed E-state index contributed by atoms with van der Waals surface area (Å²) in [6, 6.07) is 0.0941. The molecule has 0 spiro atoms. The second kappa shape index (κ2) is 7.47. The Morgan fingerprint density at radius 2 is 2.09 bits per heavy atom. The van der Waals surface area contributed by atoms with Gasteiger partial charge in [0.15, 0.2) is 0 Å². The van der Waals surface area contributed by atoms with Crippen LogP contribution in [0.4, 0.5) is 0 Å². The quantitative estimate of drug-likeness (QED) is 0.792. The number of rotatable bonds is 6. The lowest BCUT2D eigenvalue weighted by Gasteiger charge is -2.24. The molecule has 0 aromatic carbocycles. The summed E-state index contributed by atoms with van der Waals surface area (Å²) in [6.45, 7) is 3.17. The maximum Gasteiger partial charge on any atom is 0.254 e. The number of amides is 1. The van der Waals surface area contributed by atoms with Crippen molar-refractivity contribution in [2.75, 3.05) is 6.61 Å². The fourth-order valence-corrected chi connectivity index (χ4v) is 3.79. The number of carbonyl (C=O) groups excluding carboxylic acids is 1. The largest absolute Gasteiger partial charge is 0.396 e. The number of carbonyl (C=O) groups is 1. The number of aliphatic hydroxyl groups excluding tert-OH is 1. The molecule has 2 aliphatic carbocycles. The summed E-state index contributed by atoms with van der Waals surface area (Å²) in [4.78, 5) is 12.8. The molecular weight excluding hydrogens is 290 g/mol. The molecule has 2 saturated carbocycles. The minimum atomic E-state index is -0.000368. The van der Waals surface area contributed by atoms with Gasteiger partial charge in [0.1, 0.15) is 0 Å². The summed E-state index contributed by atoms with van der Waals surface area (Å²) in [5.41, 5.74) is 1.88. The normalized spacial score (nSPS) is 25.1. The second-order valence-corrected chi connectivity index (χ2v) is 7.10. The van der Waals surface area contributed by atoms with Gasteiger partial charge in [-0.1, -0.05) is 26.2 Å². The molecule has 0 saturated heterocycles. The van der Waals surface area contributed by atoms with Crippen molar-refractivity contribution in [3.05, 3.63) is 17.5 Å². The van der Waals surface area contributed by atoms with Crippen LogP contribution >= 0.6 is 0 Å². The molecule has 2 aliphatic rings. The van der Waals surface area contributed by atoms with Gasteiger partial charge in [0.05, 0.1) is 17.5 Å². The number of aliphatic hydroxyl groups is 1. The zero-order valence-electron chi connectivity index (χ0n) is 14.1. The predicted octanol–water partition coefficient (Wildman–Crippen LogP) is 2.84. The van der Waals surface area contributed by atoms with Crippen LogP contribution in [-0.4, -0.2) is 33.4 Å². The lowest BCUT2D eigenvalue weighted by Crippen LogP contribution is -2.41. The molecule has 2 fully saturated rings. The van der Waals surface area contributed by atoms with Crippen molar-refractivity contribution in [2.45, 2.75) is 76.8 Å². The lowest BCUT2D eigenvalue weighted by molar-refractivity contribution is 0.0898. The van der Waals surface area contributed by atoms with E-state index in [4.69, 9.17) is 0 Å². The van der Waals surface area contributed by atoms with E-state index in [-0.39, 0.29) is 24.5 Å². The highest BCUT2D eigenvalue weighted by Gasteiger charge is 2.33. The van der Waals surface area contributed by atoms with E-state index in [0.717, 1.165) is 49.9 Å². The molecule has 0 radical (unpaired) electrons. The number of aromatic nitrogens is 2. The molecule has 2 unspecified atom stereocenters. The Labute approximate surface area is 138 Å². The third-order valence-corrected chi connectivity index (χ3v) is 5.23. The Bertz CT molecular complexity index is 536. The SMILES string of the molecule is CCCn1ncc(C(=O)NC2CCCCCC2CO)c1C1CC1. The van der Waals surface area contributed by atoms with Gasteiger partial charge in [-0.15, -0.1) is 0 Å². The molecular formula is C18H29N3O2. The van der Waals surface area contributed by atoms with Crippen LogP contribution in [0.15, 0.2) is 6.20 Å². The average molecular weight is 319 g/mol. The van der Waals surface area contributed by atoms with E-state index in [1.165, 1.54) is 19.3 Å². The van der Waals surface area contributed by atoms with Crippen LogP contribution in [0.5, 0.6) is 0 Å². The molecule has 1 heterocycles. The zero-order chi connectivity index (χ0) is 16.2. The van der Waals surface area contributed by atoms with Crippen LogP contribution in [0.1, 0.15) is 80.3 Å². The summed E-state index contributed by atoms with van der Waals surface area (Å²) < 4.78 is 2.02. The van der Waals surface area contributed by atoms with Crippen molar-refractivity contribution < 1.29 is 9.90 Å². The highest BCUT2D eigenvalue weighted by atomic mass is 16.3. The van der Waals surface area contributed by atoms with Gasteiger partial charge in [0.25, 0.3) is 5.91 Å². The molecule has 128 valence electrons. The summed E-state index contributed by atoms with van der Waals surface area (Å²) in [5, 5.41) is 17.3. The van der Waals surface area contributed by atoms with E-state index in [0.29, 0.717) is 5.92 Å². The molecule has 2 atom stereocenters. The van der Waals surface area contributed by atoms with Crippen molar-refractivity contribution in [3.8, 4) is 0 Å². The molecule has 0 aliphatic heterocycles. The van der Waals surface area contributed by atoms with Crippen molar-refractivity contribution in [1.82, 2.24) is 15.1 Å². The molecule has 3 rings (SSSR count). The zero-order valence-corrected chi connectivity index (χ0v) is 14.1. The molecule has 1 aromatic rings. The monoisotopic (exact) mass is 319 g/mol. The van der Waals surface area contributed by atoms with Gasteiger partial charge < -0.3 is 10.4 Å². The van der Waals surface area contributed by atoms with Gasteiger partial charge in [-0.05, 0) is 32.1 Å². The van der Waals surface area contributed by atoms with E-state index >= 15 is 0 Å². The summed E-state index contributed by atoms with van der Waals surface area (Å²) >= 11 is 0. The maximum absolute atomic E-state index is 12.8. The Morgan fingerprint density at radius 3 is 2.78 bits per heavy atom. The van der Waals surface area contributed by atoms with Crippen LogP contribution in [0, 0.1) is 5.92 Å². The van der Waals surface area contributed by atoms with Gasteiger partial charge >= 0.3 is 0 Å². The van der Waals surface area contributed by atoms with E-state index in [2.05, 4.69) is 17.3 Å². The van der Waals surface area contributed by atoms with Crippen molar-refractivity contribution in [2.24, 2.45) is 5.92 Å². The molecule has 0 bridgehead atoms. The summed E-state index contributed by atoms with van der Waals surface area (Å²) in [7, 11) is 0. The van der Waals surface area contributed by atoms with Crippen LogP contribution in [0.2, 0.25) is 0 Å². The fourth-order valence-electron chi connectivity index (χ4n) is 3.79. The van der Waals surface area contributed by atoms with Crippen LogP contribution in [0.3, 0.4) is 0 Å². The number of aryl methyl sites for hydroxylation is 1. The van der Waals surface area contributed by atoms with Crippen molar-refractivity contribution in [3.63, 3.8) is 0 Å². The number of nitrogens with zero attached hydrogens (tertiary/aromatic N) is 2. The van der Waals surface area contributed by atoms with Gasteiger partial charge in [0, 0.05) is 31.0 Å². The van der Waals surface area contributed by atoms with E-state index in [1.807, 2.05) is 4.68 Å². The first-order valence-corrected chi connectivity index (χ1v) is 9.22. The Morgan fingerprint density at radius 1 is 1.30 bits per heavy atom. The fraction of sp³-hybridized carbons (Fsp3) is 0.778. The first-order chi connectivity index (χ1) is 11.2. The average Bonchev–Trinajstić information content (AvgIpc) is 3.33. The smallest absolute Gasteiger partial charge is 0.254 e. The summed E-state index contributed by atoms with van der Waals surface area (Å²) in [6.07, 6.45) is 10.6. The Kier molecular flexibility index (Phi) is 5.36. The molecule has 23 heavy (non-hydrogen) atoms. The number of nitrogens with one attached hydrogen (secondary N) is 1. The molecule has 1 amide bonds. The third-order valence-electron chi connectivity index (χ3n) is 5.23. The van der Waals surface area contributed by atoms with Gasteiger partial charge in [-0.2, -0.15) is 5.10 Å². The van der Waals surface area contributed by atoms with E-state index in [1.54, 1.807) is 6.20 Å². The minimum Gasteiger partial charge on any atom is -0.396 e. The van der Waals surface area contributed by atoms with Gasteiger partial charge in [-0.25, -0.2) is 0 Å². The highest BCUT2D eigenvalue weighted by Crippen LogP contribution is 2.41. The third kappa shape index (κ3) is 3.77. The van der Waals surface area contributed by atoms with Crippen molar-refractivity contribution in [1.29, 1.82) is 0 Å². The van der Waals surface area contributed by atoms with E-state index in [9.17, 15) is 9.90 Å². The minimum absolute atomic E-state index is 0.000368. The Balaban J connectivity index is 1.74. The topological polar surface area (TPSA) is 67.2 Å². The number of hydrogen-bond acceptors (Lipinski definition) is 3. The first-order valence-electron chi connectivity index (χ1n) is 9.22. The highest BCUT2D eigenvalue weighted by molar-refractivity contribution is 5.95. The van der Waals surface area contributed by atoms with Gasteiger partial charge in [0.2, 0.25) is 0 Å². The maximum atomic E-state index is 12.8. The number of hydrogen-bond donors (Lipinski definition) is 2. The van der Waals surface area contributed by atoms with Crippen LogP contribution in [-0.2, 0) is 6.54 Å². The second-order valence-electron chi connectivity index (χ2n) is 7.10. The van der Waals surface area contributed by atoms with Crippen LogP contribution in [0.25, 0.3) is 0 Å². The van der Waals surface area contributed by atoms with Crippen molar-refractivity contribution >= 4 is 5.91 Å². The molecule has 2 N–H and O–H groups in total. The summed E-state index contributed by atoms with van der Waals surface area (Å²) in [5.74, 6) is 0.698. The molecule has 5 nitrogen and oxygen atoms in total. The predicted molar refractivity (Wildman–Crippen MR) is 89.4 cm³/mol. The van der Waals surface area contributed by atoms with Gasteiger partial charge in [-0.3, -0.25) is 9.48 Å². The first kappa shape index (κ1) is 16.5. The van der Waals surface area contributed by atoms with E-state index < -0.39 is 0 Å². The lowest BCUT2D eigenvalue weighted by atomic mass is 9.95. The standard InChI is InChI=1S/C18H29N3O2/c1-2-10-21-17(13-8-9-13)15(11-19-21)18(23)20-16-7-5-3-4-6-14(16)12-22/h11,13-14,16,22H,2-10,12H2,1H3,(H,20,23). The van der Waals surface area contributed by atoms with Crippen LogP contribution < -0.4 is 5.32 Å². The molecule has 1 aromatic heterocycles.